The smallest absolute Gasteiger partial charge is 0.196 e. The quantitative estimate of drug-likeness (QED) is 0.495. The van der Waals surface area contributed by atoms with Crippen molar-refractivity contribution in [3.05, 3.63) is 54.1 Å². The van der Waals surface area contributed by atoms with Crippen LogP contribution in [0.1, 0.15) is 31.2 Å². The summed E-state index contributed by atoms with van der Waals surface area (Å²) in [6.07, 6.45) is 5.64. The van der Waals surface area contributed by atoms with Gasteiger partial charge in [0.15, 0.2) is 5.96 Å². The number of nitrogens with one attached hydrogen (secondary N) is 2. The summed E-state index contributed by atoms with van der Waals surface area (Å²) >= 11 is 0. The molecule has 4 N–H and O–H groups in total. The summed E-state index contributed by atoms with van der Waals surface area (Å²) in [4.78, 5) is 4.68. The molecule has 0 aromatic heterocycles. The van der Waals surface area contributed by atoms with Gasteiger partial charge in [-0.3, -0.25) is 4.99 Å². The minimum absolute atomic E-state index is 0.231. The highest BCUT2D eigenvalue weighted by molar-refractivity contribution is 5.94. The molecule has 1 aliphatic rings. The summed E-state index contributed by atoms with van der Waals surface area (Å²) in [6, 6.07) is 14.7. The van der Waals surface area contributed by atoms with Gasteiger partial charge in [0.05, 0.1) is 0 Å². The molecule has 132 valence electrons. The van der Waals surface area contributed by atoms with Crippen LogP contribution in [0.25, 0.3) is 0 Å². The molecule has 0 unspecified atom stereocenters. The van der Waals surface area contributed by atoms with Gasteiger partial charge in [0, 0.05) is 24.3 Å². The first-order valence-corrected chi connectivity index (χ1v) is 8.84. The maximum absolute atomic E-state index is 9.64. The summed E-state index contributed by atoms with van der Waals surface area (Å²) in [6.45, 7) is 0.644. The second kappa shape index (κ2) is 8.42. The van der Waals surface area contributed by atoms with Crippen molar-refractivity contribution in [2.24, 2.45) is 4.99 Å². The lowest BCUT2D eigenvalue weighted by Crippen LogP contribution is -2.38. The van der Waals surface area contributed by atoms with E-state index in [4.69, 9.17) is 0 Å². The molecule has 0 atom stereocenters. The number of hydrogen-bond donors (Lipinski definition) is 4. The Bertz CT molecular complexity index is 707. The first kappa shape index (κ1) is 17.1. The van der Waals surface area contributed by atoms with Crippen LogP contribution in [-0.2, 0) is 6.42 Å². The Morgan fingerprint density at radius 1 is 1.00 bits per heavy atom. The molecule has 0 radical (unpaired) electrons. The first-order valence-electron chi connectivity index (χ1n) is 8.84. The third-order valence-corrected chi connectivity index (χ3v) is 4.41. The highest BCUT2D eigenvalue weighted by Gasteiger charge is 2.16. The molecule has 5 heteroatoms. The van der Waals surface area contributed by atoms with Crippen molar-refractivity contribution < 1.29 is 10.2 Å². The molecule has 1 fully saturated rings. The van der Waals surface area contributed by atoms with Crippen molar-refractivity contribution in [2.45, 2.75) is 38.1 Å². The Hall–Kier alpha value is -2.69. The molecule has 2 aromatic carbocycles. The van der Waals surface area contributed by atoms with Crippen LogP contribution in [0.4, 0.5) is 5.69 Å². The fraction of sp³-hybridized carbons (Fsp3) is 0.350. The van der Waals surface area contributed by atoms with E-state index in [9.17, 15) is 10.2 Å². The molecule has 3 rings (SSSR count). The Morgan fingerprint density at radius 2 is 1.76 bits per heavy atom. The average molecular weight is 339 g/mol. The number of anilines is 1. The number of phenols is 2. The van der Waals surface area contributed by atoms with Gasteiger partial charge in [-0.05, 0) is 49.1 Å². The van der Waals surface area contributed by atoms with Crippen LogP contribution in [-0.4, -0.2) is 28.8 Å². The van der Waals surface area contributed by atoms with Gasteiger partial charge >= 0.3 is 0 Å². The highest BCUT2D eigenvalue weighted by Crippen LogP contribution is 2.19. The number of guanidine groups is 1. The molecular formula is C20H25N3O2. The fourth-order valence-corrected chi connectivity index (χ4v) is 3.06. The van der Waals surface area contributed by atoms with Crippen LogP contribution in [0.3, 0.4) is 0 Å². The van der Waals surface area contributed by atoms with Gasteiger partial charge in [0.25, 0.3) is 0 Å². The average Bonchev–Trinajstić information content (AvgIpc) is 3.10. The molecule has 0 amide bonds. The van der Waals surface area contributed by atoms with E-state index in [1.807, 2.05) is 18.2 Å². The summed E-state index contributed by atoms with van der Waals surface area (Å²) in [5.74, 6) is 1.26. The number of aromatic hydroxyl groups is 2. The third-order valence-electron chi connectivity index (χ3n) is 4.41. The van der Waals surface area contributed by atoms with Crippen LogP contribution in [0, 0.1) is 0 Å². The monoisotopic (exact) mass is 339 g/mol. The molecule has 5 nitrogen and oxygen atoms in total. The Morgan fingerprint density at radius 3 is 2.48 bits per heavy atom. The van der Waals surface area contributed by atoms with E-state index >= 15 is 0 Å². The van der Waals surface area contributed by atoms with Crippen LogP contribution in [0.15, 0.2) is 53.5 Å². The molecule has 0 saturated heterocycles. The zero-order valence-corrected chi connectivity index (χ0v) is 14.3. The zero-order chi connectivity index (χ0) is 17.5. The summed E-state index contributed by atoms with van der Waals surface area (Å²) in [5.41, 5.74) is 1.95. The van der Waals surface area contributed by atoms with E-state index in [0.29, 0.717) is 12.6 Å². The van der Waals surface area contributed by atoms with Gasteiger partial charge in [0.1, 0.15) is 11.5 Å². The molecule has 25 heavy (non-hydrogen) atoms. The second-order valence-electron chi connectivity index (χ2n) is 6.45. The number of benzene rings is 2. The van der Waals surface area contributed by atoms with Gasteiger partial charge in [-0.15, -0.1) is 0 Å². The van der Waals surface area contributed by atoms with Gasteiger partial charge in [-0.2, -0.15) is 0 Å². The molecular weight excluding hydrogens is 314 g/mol. The summed E-state index contributed by atoms with van der Waals surface area (Å²) in [7, 11) is 0. The largest absolute Gasteiger partial charge is 0.508 e. The minimum Gasteiger partial charge on any atom is -0.508 e. The van der Waals surface area contributed by atoms with Crippen LogP contribution in [0.2, 0.25) is 0 Å². The highest BCUT2D eigenvalue weighted by atomic mass is 16.3. The Kier molecular flexibility index (Phi) is 5.77. The first-order chi connectivity index (χ1) is 12.2. The van der Waals surface area contributed by atoms with Crippen molar-refractivity contribution in [1.82, 2.24) is 5.32 Å². The van der Waals surface area contributed by atoms with E-state index < -0.39 is 0 Å². The normalized spacial score (nSPS) is 15.3. The Balaban J connectivity index is 1.64. The number of nitrogens with zero attached hydrogens (tertiary/aromatic N) is 1. The van der Waals surface area contributed by atoms with Gasteiger partial charge in [-0.25, -0.2) is 0 Å². The zero-order valence-electron chi connectivity index (χ0n) is 14.3. The maximum atomic E-state index is 9.64. The van der Waals surface area contributed by atoms with Gasteiger partial charge in [-0.1, -0.05) is 31.0 Å². The van der Waals surface area contributed by atoms with Crippen molar-refractivity contribution in [1.29, 1.82) is 0 Å². The third kappa shape index (κ3) is 5.41. The molecule has 0 spiro atoms. The number of aliphatic imine (C=N–C) groups is 1. The fourth-order valence-electron chi connectivity index (χ4n) is 3.06. The summed E-state index contributed by atoms with van der Waals surface area (Å²) in [5, 5.41) is 25.8. The van der Waals surface area contributed by atoms with E-state index in [1.165, 1.54) is 25.7 Å². The predicted octanol–water partition coefficient (Wildman–Crippen LogP) is 3.64. The molecule has 0 heterocycles. The van der Waals surface area contributed by atoms with Crippen molar-refractivity contribution in [3.63, 3.8) is 0 Å². The topological polar surface area (TPSA) is 76.9 Å². The molecule has 0 aliphatic heterocycles. The van der Waals surface area contributed by atoms with Crippen molar-refractivity contribution in [3.8, 4) is 11.5 Å². The molecule has 2 aromatic rings. The minimum atomic E-state index is 0.231. The van der Waals surface area contributed by atoms with E-state index in [0.717, 1.165) is 23.6 Å². The number of hydrogen-bond acceptors (Lipinski definition) is 3. The van der Waals surface area contributed by atoms with Crippen LogP contribution in [0.5, 0.6) is 11.5 Å². The number of rotatable bonds is 5. The molecule has 1 aliphatic carbocycles. The SMILES string of the molecule is Oc1ccc(CCN=C(Nc2cccc(O)c2)NC2CCCC2)cc1. The van der Waals surface area contributed by atoms with Gasteiger partial charge in [0.2, 0.25) is 0 Å². The number of phenolic OH excluding ortho intramolecular Hbond substituents is 2. The van der Waals surface area contributed by atoms with Crippen LogP contribution >= 0.6 is 0 Å². The van der Waals surface area contributed by atoms with E-state index in [1.54, 1.807) is 30.3 Å². The molecule has 1 saturated carbocycles. The van der Waals surface area contributed by atoms with Crippen LogP contribution < -0.4 is 10.6 Å². The maximum Gasteiger partial charge on any atom is 0.196 e. The lowest BCUT2D eigenvalue weighted by molar-refractivity contribution is 0.474. The molecule has 0 bridgehead atoms. The lowest BCUT2D eigenvalue weighted by Gasteiger charge is -2.17. The summed E-state index contributed by atoms with van der Waals surface area (Å²) < 4.78 is 0. The Labute approximate surface area is 148 Å². The standard InChI is InChI=1S/C20H25N3O2/c24-18-10-8-15(9-11-18)12-13-21-20(22-16-4-1-2-5-16)23-17-6-3-7-19(25)14-17/h3,6-11,14,16,24-25H,1-2,4-5,12-13H2,(H2,21,22,23). The van der Waals surface area contributed by atoms with Gasteiger partial charge < -0.3 is 20.8 Å². The van der Waals surface area contributed by atoms with E-state index in [-0.39, 0.29) is 11.5 Å². The second-order valence-corrected chi connectivity index (χ2v) is 6.45. The van der Waals surface area contributed by atoms with Crippen molar-refractivity contribution in [2.75, 3.05) is 11.9 Å². The van der Waals surface area contributed by atoms with Crippen molar-refractivity contribution >= 4 is 11.6 Å². The lowest BCUT2D eigenvalue weighted by atomic mass is 10.1. The van der Waals surface area contributed by atoms with E-state index in [2.05, 4.69) is 15.6 Å². The predicted molar refractivity (Wildman–Crippen MR) is 101 cm³/mol.